The fraction of sp³-hybridized carbons (Fsp3) is 0.462. The summed E-state index contributed by atoms with van der Waals surface area (Å²) in [4.78, 5) is 4.73. The molecule has 1 aliphatic rings. The largest absolute Gasteiger partial charge is 0.486 e. The zero-order valence-corrected chi connectivity index (χ0v) is 17.9. The second kappa shape index (κ2) is 11.7. The molecule has 1 aliphatic heterocycles. The van der Waals surface area contributed by atoms with E-state index in [0.717, 1.165) is 37.2 Å². The fourth-order valence-electron chi connectivity index (χ4n) is 3.68. The van der Waals surface area contributed by atoms with Crippen LogP contribution in [-0.4, -0.2) is 50.1 Å². The first kappa shape index (κ1) is 21.4. The van der Waals surface area contributed by atoms with Crippen molar-refractivity contribution < 1.29 is 4.74 Å². The minimum atomic E-state index is 0.0556. The van der Waals surface area contributed by atoms with Crippen LogP contribution >= 0.6 is 0 Å². The van der Waals surface area contributed by atoms with Gasteiger partial charge in [-0.15, -0.1) is 0 Å². The van der Waals surface area contributed by atoms with Gasteiger partial charge in [-0.25, -0.2) is 0 Å². The first-order chi connectivity index (χ1) is 14.2. The lowest BCUT2D eigenvalue weighted by Gasteiger charge is -2.25. The van der Waals surface area contributed by atoms with Crippen molar-refractivity contribution in [1.29, 1.82) is 0 Å². The van der Waals surface area contributed by atoms with Crippen LogP contribution in [0.4, 0.5) is 0 Å². The first-order valence-corrected chi connectivity index (χ1v) is 10.9. The summed E-state index contributed by atoms with van der Waals surface area (Å²) in [5.41, 5.74) is 2.27. The van der Waals surface area contributed by atoms with Crippen molar-refractivity contribution in [3.05, 3.63) is 65.7 Å². The summed E-state index contributed by atoms with van der Waals surface area (Å²) in [5, 5.41) is 0. The van der Waals surface area contributed by atoms with Gasteiger partial charge in [0, 0.05) is 31.5 Å². The molecule has 0 aliphatic carbocycles. The number of piperidine rings is 1. The number of hydrogen-bond donors (Lipinski definition) is 0. The normalized spacial score (nSPS) is 15.6. The van der Waals surface area contributed by atoms with Crippen molar-refractivity contribution >= 4 is 0 Å². The van der Waals surface area contributed by atoms with Crippen molar-refractivity contribution in [3.8, 4) is 17.6 Å². The molecule has 2 aromatic carbocycles. The van der Waals surface area contributed by atoms with Crippen molar-refractivity contribution in [2.45, 2.75) is 38.2 Å². The monoisotopic (exact) mass is 390 g/mol. The summed E-state index contributed by atoms with van der Waals surface area (Å²) in [6, 6.07) is 18.7. The van der Waals surface area contributed by atoms with E-state index < -0.39 is 0 Å². The van der Waals surface area contributed by atoms with Crippen LogP contribution in [0.3, 0.4) is 0 Å². The smallest absolute Gasteiger partial charge is 0.125 e. The topological polar surface area (TPSA) is 15.7 Å². The molecule has 0 spiro atoms. The fourth-order valence-corrected chi connectivity index (χ4v) is 3.68. The number of nitrogens with zero attached hydrogens (tertiary/aromatic N) is 2. The lowest BCUT2D eigenvalue weighted by molar-refractivity contribution is 0.179. The Bertz CT molecular complexity index is 768. The zero-order chi connectivity index (χ0) is 20.3. The number of likely N-dealkylation sites (tertiary alicyclic amines) is 1. The zero-order valence-electron chi connectivity index (χ0n) is 17.9. The van der Waals surface area contributed by atoms with Gasteiger partial charge >= 0.3 is 0 Å². The molecule has 0 amide bonds. The van der Waals surface area contributed by atoms with Crippen LogP contribution < -0.4 is 4.74 Å². The highest BCUT2D eigenvalue weighted by Gasteiger charge is 2.13. The Morgan fingerprint density at radius 2 is 1.69 bits per heavy atom. The quantitative estimate of drug-likeness (QED) is 0.591. The number of hydrogen-bond acceptors (Lipinski definition) is 3. The third-order valence-electron chi connectivity index (χ3n) is 5.38. The summed E-state index contributed by atoms with van der Waals surface area (Å²) in [6.45, 7) is 4.56. The predicted molar refractivity (Wildman–Crippen MR) is 121 cm³/mol. The minimum absolute atomic E-state index is 0.0556. The van der Waals surface area contributed by atoms with Gasteiger partial charge in [-0.2, -0.15) is 0 Å². The molecule has 0 aromatic heterocycles. The van der Waals surface area contributed by atoms with E-state index in [-0.39, 0.29) is 6.10 Å². The van der Waals surface area contributed by atoms with E-state index in [1.54, 1.807) is 0 Å². The van der Waals surface area contributed by atoms with Gasteiger partial charge in [0.15, 0.2) is 0 Å². The summed E-state index contributed by atoms with van der Waals surface area (Å²) in [7, 11) is 4.20. The van der Waals surface area contributed by atoms with Crippen molar-refractivity contribution in [2.75, 3.05) is 40.3 Å². The van der Waals surface area contributed by atoms with Crippen LogP contribution in [0.5, 0.6) is 5.75 Å². The van der Waals surface area contributed by atoms with Crippen LogP contribution in [0.25, 0.3) is 0 Å². The third-order valence-corrected chi connectivity index (χ3v) is 5.38. The van der Waals surface area contributed by atoms with Gasteiger partial charge in [0.2, 0.25) is 0 Å². The van der Waals surface area contributed by atoms with Gasteiger partial charge in [-0.1, -0.05) is 48.6 Å². The summed E-state index contributed by atoms with van der Waals surface area (Å²) in [6.07, 6.45) is 6.02. The molecule has 154 valence electrons. The van der Waals surface area contributed by atoms with Crippen molar-refractivity contribution in [3.63, 3.8) is 0 Å². The predicted octanol–water partition coefficient (Wildman–Crippen LogP) is 4.99. The number of rotatable bonds is 8. The Morgan fingerprint density at radius 3 is 2.38 bits per heavy atom. The Labute approximate surface area is 176 Å². The maximum atomic E-state index is 6.33. The number of benzene rings is 2. The van der Waals surface area contributed by atoms with E-state index in [1.165, 1.54) is 37.9 Å². The molecule has 0 saturated carbocycles. The average Bonchev–Trinajstić information content (AvgIpc) is 2.76. The highest BCUT2D eigenvalue weighted by atomic mass is 16.5. The molecular formula is C26H34N2O. The molecule has 2 aromatic rings. The van der Waals surface area contributed by atoms with Crippen LogP contribution in [0, 0.1) is 11.8 Å². The minimum Gasteiger partial charge on any atom is -0.486 e. The molecule has 1 heterocycles. The Hall–Kier alpha value is -2.28. The molecular weight excluding hydrogens is 356 g/mol. The van der Waals surface area contributed by atoms with E-state index in [9.17, 15) is 0 Å². The molecule has 1 unspecified atom stereocenters. The lowest BCUT2D eigenvalue weighted by atomic mass is 10.1. The van der Waals surface area contributed by atoms with Crippen molar-refractivity contribution in [2.24, 2.45) is 0 Å². The first-order valence-electron chi connectivity index (χ1n) is 10.9. The summed E-state index contributed by atoms with van der Waals surface area (Å²) in [5.74, 6) is 7.53. The molecule has 1 fully saturated rings. The molecule has 1 saturated heterocycles. The van der Waals surface area contributed by atoms with E-state index in [1.807, 2.05) is 18.2 Å². The van der Waals surface area contributed by atoms with Crippen molar-refractivity contribution in [1.82, 2.24) is 9.80 Å². The molecule has 0 radical (unpaired) electrons. The molecule has 3 nitrogen and oxygen atoms in total. The van der Waals surface area contributed by atoms with E-state index in [0.29, 0.717) is 0 Å². The molecule has 1 atom stereocenters. The van der Waals surface area contributed by atoms with E-state index >= 15 is 0 Å². The lowest BCUT2D eigenvalue weighted by Crippen LogP contribution is -2.30. The second-order valence-corrected chi connectivity index (χ2v) is 8.09. The molecule has 0 bridgehead atoms. The van der Waals surface area contributed by atoms with E-state index in [4.69, 9.17) is 4.74 Å². The van der Waals surface area contributed by atoms with Gasteiger partial charge in [0.1, 0.15) is 11.9 Å². The van der Waals surface area contributed by atoms with Gasteiger partial charge in [0.25, 0.3) is 0 Å². The second-order valence-electron chi connectivity index (χ2n) is 8.09. The Balaban J connectivity index is 1.54. The Kier molecular flexibility index (Phi) is 8.61. The molecule has 29 heavy (non-hydrogen) atoms. The third kappa shape index (κ3) is 7.57. The van der Waals surface area contributed by atoms with Gasteiger partial charge in [-0.05, 0) is 69.9 Å². The molecule has 3 heteroatoms. The standard InChI is InChI=1S/C26H34N2O/c1-27(2)22-18-26(24-12-5-3-6-13-24)29-25-16-14-23(15-17-25)11-7-10-21-28-19-8-4-9-20-28/h3,5-6,12-17,26H,4,8-10,18-22H2,1-2H3. The van der Waals surface area contributed by atoms with Gasteiger partial charge in [-0.3, -0.25) is 0 Å². The van der Waals surface area contributed by atoms with Crippen LogP contribution in [0.2, 0.25) is 0 Å². The number of ether oxygens (including phenoxy) is 1. The van der Waals surface area contributed by atoms with Crippen LogP contribution in [0.15, 0.2) is 54.6 Å². The highest BCUT2D eigenvalue weighted by molar-refractivity contribution is 5.38. The van der Waals surface area contributed by atoms with E-state index in [2.05, 4.69) is 72.1 Å². The van der Waals surface area contributed by atoms with Gasteiger partial charge in [0.05, 0.1) is 0 Å². The average molecular weight is 391 g/mol. The molecule has 0 N–H and O–H groups in total. The van der Waals surface area contributed by atoms with Crippen LogP contribution in [0.1, 0.15) is 49.3 Å². The maximum absolute atomic E-state index is 6.33. The summed E-state index contributed by atoms with van der Waals surface area (Å²) < 4.78 is 6.33. The van der Waals surface area contributed by atoms with Gasteiger partial charge < -0.3 is 14.5 Å². The highest BCUT2D eigenvalue weighted by Crippen LogP contribution is 2.25. The molecule has 3 rings (SSSR count). The summed E-state index contributed by atoms with van der Waals surface area (Å²) >= 11 is 0. The maximum Gasteiger partial charge on any atom is 0.125 e. The SMILES string of the molecule is CN(C)CCC(Oc1ccc(C#CCCN2CCCCC2)cc1)c1ccccc1. The van der Waals surface area contributed by atoms with Crippen LogP contribution in [-0.2, 0) is 0 Å². The Morgan fingerprint density at radius 1 is 0.966 bits per heavy atom.